The fourth-order valence-electron chi connectivity index (χ4n) is 0.726. The molecule has 5 heteroatoms. The Balaban J connectivity index is 3.40. The van der Waals surface area contributed by atoms with E-state index in [4.69, 9.17) is 11.6 Å². The molecule has 0 aromatic heterocycles. The van der Waals surface area contributed by atoms with Gasteiger partial charge in [0.25, 0.3) is 0 Å². The van der Waals surface area contributed by atoms with E-state index in [1.165, 1.54) is 0 Å². The number of rotatable bonds is 1. The molecule has 66 valence electrons. The summed E-state index contributed by atoms with van der Waals surface area (Å²) < 4.78 is 38.0. The third kappa shape index (κ3) is 1.59. The van der Waals surface area contributed by atoms with Crippen LogP contribution >= 0.6 is 27.5 Å². The van der Waals surface area contributed by atoms with Crippen molar-refractivity contribution in [3.8, 4) is 0 Å². The summed E-state index contributed by atoms with van der Waals surface area (Å²) in [5.74, 6) is -3.60. The monoisotopic (exact) mass is 258 g/mol. The summed E-state index contributed by atoms with van der Waals surface area (Å²) in [5.41, 5.74) is -0.447. The highest BCUT2D eigenvalue weighted by Crippen LogP contribution is 2.24. The van der Waals surface area contributed by atoms with Crippen LogP contribution in [0.4, 0.5) is 13.2 Å². The van der Waals surface area contributed by atoms with E-state index >= 15 is 0 Å². The van der Waals surface area contributed by atoms with Crippen molar-refractivity contribution in [2.45, 2.75) is 5.88 Å². The van der Waals surface area contributed by atoms with Crippen LogP contribution in [0.15, 0.2) is 10.5 Å². The van der Waals surface area contributed by atoms with Gasteiger partial charge in [-0.2, -0.15) is 0 Å². The van der Waals surface area contributed by atoms with Crippen molar-refractivity contribution in [3.63, 3.8) is 0 Å². The van der Waals surface area contributed by atoms with Crippen molar-refractivity contribution in [1.82, 2.24) is 0 Å². The van der Waals surface area contributed by atoms with Gasteiger partial charge in [0.15, 0.2) is 11.6 Å². The van der Waals surface area contributed by atoms with E-state index < -0.39 is 23.0 Å². The molecule has 0 nitrogen and oxygen atoms in total. The molecule has 0 atom stereocenters. The molecule has 0 saturated carbocycles. The minimum Gasteiger partial charge on any atom is -0.206 e. The van der Waals surface area contributed by atoms with Crippen LogP contribution in [0.5, 0.6) is 0 Å². The Hall–Kier alpha value is -0.220. The molecule has 0 heterocycles. The molecule has 0 aliphatic carbocycles. The van der Waals surface area contributed by atoms with Gasteiger partial charge < -0.3 is 0 Å². The van der Waals surface area contributed by atoms with Gasteiger partial charge in [-0.15, -0.1) is 11.6 Å². The highest BCUT2D eigenvalue weighted by atomic mass is 79.9. The molecule has 1 rings (SSSR count). The summed E-state index contributed by atoms with van der Waals surface area (Å²) in [7, 11) is 0. The maximum Gasteiger partial charge on any atom is 0.173 e. The lowest BCUT2D eigenvalue weighted by atomic mass is 10.2. The molecular formula is C7H3BrClF3. The second-order valence-electron chi connectivity index (χ2n) is 2.08. The first-order chi connectivity index (χ1) is 5.57. The molecule has 12 heavy (non-hydrogen) atoms. The normalized spacial score (nSPS) is 10.4. The van der Waals surface area contributed by atoms with Gasteiger partial charge in [0.05, 0.1) is 10.4 Å². The van der Waals surface area contributed by atoms with Crippen molar-refractivity contribution in [2.75, 3.05) is 0 Å². The Labute approximate surface area is 80.5 Å². The van der Waals surface area contributed by atoms with Crippen LogP contribution in [-0.2, 0) is 5.88 Å². The van der Waals surface area contributed by atoms with Gasteiger partial charge in [0.2, 0.25) is 0 Å². The molecule has 0 saturated heterocycles. The van der Waals surface area contributed by atoms with E-state index in [2.05, 4.69) is 15.9 Å². The zero-order chi connectivity index (χ0) is 9.30. The Bertz CT molecular complexity index is 314. The molecular weight excluding hydrogens is 256 g/mol. The summed E-state index contributed by atoms with van der Waals surface area (Å²) in [4.78, 5) is 0. The predicted molar refractivity (Wildman–Crippen MR) is 43.6 cm³/mol. The standard InChI is InChI=1S/C7H3BrClF3/c8-4-1-5(10)3(2-9)6(11)7(4)12/h1H,2H2. The largest absolute Gasteiger partial charge is 0.206 e. The van der Waals surface area contributed by atoms with E-state index in [0.717, 1.165) is 6.07 Å². The van der Waals surface area contributed by atoms with Crippen LogP contribution in [0.2, 0.25) is 0 Å². The fraction of sp³-hybridized carbons (Fsp3) is 0.143. The van der Waals surface area contributed by atoms with Crippen LogP contribution in [0.1, 0.15) is 5.56 Å². The lowest BCUT2D eigenvalue weighted by Gasteiger charge is -2.02. The molecule has 1 aromatic carbocycles. The second kappa shape index (κ2) is 3.66. The van der Waals surface area contributed by atoms with Gasteiger partial charge in [-0.3, -0.25) is 0 Å². The van der Waals surface area contributed by atoms with Gasteiger partial charge in [-0.25, -0.2) is 13.2 Å². The van der Waals surface area contributed by atoms with E-state index in [1.807, 2.05) is 0 Å². The van der Waals surface area contributed by atoms with Crippen molar-refractivity contribution in [3.05, 3.63) is 33.6 Å². The van der Waals surface area contributed by atoms with E-state index in [-0.39, 0.29) is 10.4 Å². The molecule has 1 aromatic rings. The average molecular weight is 259 g/mol. The first-order valence-electron chi connectivity index (χ1n) is 2.95. The summed E-state index contributed by atoms with van der Waals surface area (Å²) >= 11 is 7.86. The van der Waals surface area contributed by atoms with Crippen molar-refractivity contribution >= 4 is 27.5 Å². The first-order valence-corrected chi connectivity index (χ1v) is 4.28. The smallest absolute Gasteiger partial charge is 0.173 e. The first kappa shape index (κ1) is 9.86. The maximum atomic E-state index is 12.8. The summed E-state index contributed by atoms with van der Waals surface area (Å²) in [6.45, 7) is 0. The van der Waals surface area contributed by atoms with Gasteiger partial charge in [0, 0.05) is 5.56 Å². The molecule has 0 bridgehead atoms. The summed E-state index contributed by atoms with van der Waals surface area (Å²) in [5, 5.41) is 0. The van der Waals surface area contributed by atoms with Gasteiger partial charge >= 0.3 is 0 Å². The van der Waals surface area contributed by atoms with Gasteiger partial charge in [-0.1, -0.05) is 0 Å². The Morgan fingerprint density at radius 1 is 1.25 bits per heavy atom. The minimum atomic E-state index is -1.24. The number of halogens is 5. The highest BCUT2D eigenvalue weighted by Gasteiger charge is 2.16. The van der Waals surface area contributed by atoms with Gasteiger partial charge in [0.1, 0.15) is 5.82 Å². The average Bonchev–Trinajstić information content (AvgIpc) is 2.01. The predicted octanol–water partition coefficient (Wildman–Crippen LogP) is 3.61. The van der Waals surface area contributed by atoms with Crippen LogP contribution in [-0.4, -0.2) is 0 Å². The zero-order valence-electron chi connectivity index (χ0n) is 5.67. The Morgan fingerprint density at radius 3 is 2.33 bits per heavy atom. The molecule has 0 radical (unpaired) electrons. The number of hydrogen-bond donors (Lipinski definition) is 0. The fourth-order valence-corrected chi connectivity index (χ4v) is 1.35. The van der Waals surface area contributed by atoms with Gasteiger partial charge in [-0.05, 0) is 22.0 Å². The Morgan fingerprint density at radius 2 is 1.83 bits per heavy atom. The zero-order valence-corrected chi connectivity index (χ0v) is 8.02. The minimum absolute atomic E-state index is 0.244. The molecule has 0 spiro atoms. The van der Waals surface area contributed by atoms with Crippen molar-refractivity contribution in [2.24, 2.45) is 0 Å². The highest BCUT2D eigenvalue weighted by molar-refractivity contribution is 9.10. The number of hydrogen-bond acceptors (Lipinski definition) is 0. The lowest BCUT2D eigenvalue weighted by molar-refractivity contribution is 0.480. The lowest BCUT2D eigenvalue weighted by Crippen LogP contribution is -1.97. The third-order valence-corrected chi connectivity index (χ3v) is 2.19. The van der Waals surface area contributed by atoms with E-state index in [0.29, 0.717) is 0 Å². The summed E-state index contributed by atoms with van der Waals surface area (Å²) in [6, 6.07) is 0.843. The van der Waals surface area contributed by atoms with Crippen LogP contribution in [0.3, 0.4) is 0 Å². The third-order valence-electron chi connectivity index (χ3n) is 1.34. The summed E-state index contributed by atoms with van der Waals surface area (Å²) in [6.07, 6.45) is 0. The number of alkyl halides is 1. The molecule has 0 unspecified atom stereocenters. The second-order valence-corrected chi connectivity index (χ2v) is 3.20. The SMILES string of the molecule is Fc1cc(Br)c(F)c(F)c1CCl. The molecule has 0 aliphatic rings. The van der Waals surface area contributed by atoms with E-state index in [1.54, 1.807) is 0 Å². The van der Waals surface area contributed by atoms with Crippen molar-refractivity contribution in [1.29, 1.82) is 0 Å². The molecule has 0 aliphatic heterocycles. The van der Waals surface area contributed by atoms with Crippen LogP contribution in [0, 0.1) is 17.5 Å². The quantitative estimate of drug-likeness (QED) is 0.411. The number of benzene rings is 1. The molecule has 0 fully saturated rings. The van der Waals surface area contributed by atoms with Crippen molar-refractivity contribution < 1.29 is 13.2 Å². The maximum absolute atomic E-state index is 12.8. The topological polar surface area (TPSA) is 0 Å². The van der Waals surface area contributed by atoms with Crippen LogP contribution < -0.4 is 0 Å². The molecule has 0 N–H and O–H groups in total. The molecule has 0 amide bonds. The van der Waals surface area contributed by atoms with Crippen LogP contribution in [0.25, 0.3) is 0 Å². The Kier molecular flexibility index (Phi) is 3.01. The van der Waals surface area contributed by atoms with E-state index in [9.17, 15) is 13.2 Å².